The average Bonchev–Trinajstić information content (AvgIpc) is 1.68. The summed E-state index contributed by atoms with van der Waals surface area (Å²) in [6.07, 6.45) is 3.15. The SMILES string of the molecule is CCC(C)=CNC.Cl. The summed E-state index contributed by atoms with van der Waals surface area (Å²) in [5, 5.41) is 2.96. The Hall–Kier alpha value is -0.170. The van der Waals surface area contributed by atoms with Crippen molar-refractivity contribution < 1.29 is 0 Å². The number of rotatable bonds is 2. The molecule has 8 heavy (non-hydrogen) atoms. The van der Waals surface area contributed by atoms with Gasteiger partial charge in [-0.05, 0) is 19.5 Å². The molecule has 0 heterocycles. The van der Waals surface area contributed by atoms with Gasteiger partial charge in [-0.15, -0.1) is 12.4 Å². The Morgan fingerprint density at radius 1 is 1.62 bits per heavy atom. The largest absolute Gasteiger partial charge is 0.394 e. The molecule has 0 aliphatic carbocycles. The second kappa shape index (κ2) is 6.83. The molecule has 0 aliphatic rings. The predicted octanol–water partition coefficient (Wildman–Crippen LogP) is 1.94. The van der Waals surface area contributed by atoms with Crippen LogP contribution in [0.15, 0.2) is 11.8 Å². The molecule has 0 aromatic rings. The Morgan fingerprint density at radius 3 is 2.25 bits per heavy atom. The standard InChI is InChI=1S/C6H13N.ClH/c1-4-6(2)5-7-3;/h5,7H,4H2,1-3H3;1H. The molecular weight excluding hydrogens is 122 g/mol. The third kappa shape index (κ3) is 5.83. The van der Waals surface area contributed by atoms with E-state index in [-0.39, 0.29) is 12.4 Å². The Labute approximate surface area is 57.6 Å². The fourth-order valence-electron chi connectivity index (χ4n) is 0.348. The first-order valence-corrected chi connectivity index (χ1v) is 2.64. The molecule has 1 nitrogen and oxygen atoms in total. The van der Waals surface area contributed by atoms with Crippen LogP contribution in [-0.2, 0) is 0 Å². The van der Waals surface area contributed by atoms with Gasteiger partial charge in [0.1, 0.15) is 0 Å². The van der Waals surface area contributed by atoms with Gasteiger partial charge in [0.2, 0.25) is 0 Å². The zero-order chi connectivity index (χ0) is 5.70. The zero-order valence-electron chi connectivity index (χ0n) is 5.69. The molecule has 0 radical (unpaired) electrons. The minimum atomic E-state index is 0. The third-order valence-electron chi connectivity index (χ3n) is 0.948. The van der Waals surface area contributed by atoms with Crippen LogP contribution in [0.1, 0.15) is 20.3 Å². The van der Waals surface area contributed by atoms with Crippen LogP contribution in [0.5, 0.6) is 0 Å². The van der Waals surface area contributed by atoms with Gasteiger partial charge in [-0.3, -0.25) is 0 Å². The van der Waals surface area contributed by atoms with Crippen molar-refractivity contribution >= 4 is 12.4 Å². The highest BCUT2D eigenvalue weighted by molar-refractivity contribution is 5.85. The van der Waals surface area contributed by atoms with E-state index in [0.29, 0.717) is 0 Å². The van der Waals surface area contributed by atoms with Crippen molar-refractivity contribution in [2.24, 2.45) is 0 Å². The van der Waals surface area contributed by atoms with Gasteiger partial charge in [-0.2, -0.15) is 0 Å². The molecule has 0 aromatic carbocycles. The first-order valence-electron chi connectivity index (χ1n) is 2.64. The topological polar surface area (TPSA) is 12.0 Å². The number of allylic oxidation sites excluding steroid dienone is 1. The van der Waals surface area contributed by atoms with Gasteiger partial charge < -0.3 is 5.32 Å². The summed E-state index contributed by atoms with van der Waals surface area (Å²) in [6, 6.07) is 0. The molecule has 0 bridgehead atoms. The first-order chi connectivity index (χ1) is 3.31. The summed E-state index contributed by atoms with van der Waals surface area (Å²) in [6.45, 7) is 4.25. The Kier molecular flexibility index (Phi) is 9.17. The average molecular weight is 136 g/mol. The first kappa shape index (κ1) is 10.7. The van der Waals surface area contributed by atoms with Crippen LogP contribution < -0.4 is 5.32 Å². The Morgan fingerprint density at radius 2 is 2.12 bits per heavy atom. The molecule has 2 heteroatoms. The van der Waals surface area contributed by atoms with Gasteiger partial charge in [-0.25, -0.2) is 0 Å². The number of halogens is 1. The van der Waals surface area contributed by atoms with Crippen molar-refractivity contribution in [1.82, 2.24) is 5.32 Å². The van der Waals surface area contributed by atoms with Crippen LogP contribution in [0.2, 0.25) is 0 Å². The second-order valence-electron chi connectivity index (χ2n) is 1.63. The maximum atomic E-state index is 2.96. The molecule has 0 unspecified atom stereocenters. The molecule has 1 N–H and O–H groups in total. The quantitative estimate of drug-likeness (QED) is 0.610. The minimum Gasteiger partial charge on any atom is -0.394 e. The number of hydrogen-bond acceptors (Lipinski definition) is 1. The number of nitrogens with one attached hydrogen (secondary N) is 1. The van der Waals surface area contributed by atoms with Crippen LogP contribution in [0.3, 0.4) is 0 Å². The monoisotopic (exact) mass is 135 g/mol. The molecular formula is C6H14ClN. The van der Waals surface area contributed by atoms with Crippen LogP contribution in [0, 0.1) is 0 Å². The fourth-order valence-corrected chi connectivity index (χ4v) is 0.348. The van der Waals surface area contributed by atoms with Crippen molar-refractivity contribution in [3.05, 3.63) is 11.8 Å². The van der Waals surface area contributed by atoms with Gasteiger partial charge in [0.25, 0.3) is 0 Å². The van der Waals surface area contributed by atoms with E-state index in [4.69, 9.17) is 0 Å². The van der Waals surface area contributed by atoms with E-state index in [1.54, 1.807) is 0 Å². The lowest BCUT2D eigenvalue weighted by Crippen LogP contribution is -1.93. The molecule has 0 fully saturated rings. The smallest absolute Gasteiger partial charge is 0.00276 e. The van der Waals surface area contributed by atoms with E-state index in [2.05, 4.69) is 19.2 Å². The molecule has 0 amide bonds. The van der Waals surface area contributed by atoms with E-state index in [9.17, 15) is 0 Å². The lowest BCUT2D eigenvalue weighted by Gasteiger charge is -1.91. The molecule has 0 atom stereocenters. The molecule has 0 saturated carbocycles. The van der Waals surface area contributed by atoms with Gasteiger partial charge in [0.15, 0.2) is 0 Å². The van der Waals surface area contributed by atoms with E-state index < -0.39 is 0 Å². The highest BCUT2D eigenvalue weighted by Crippen LogP contribution is 1.93. The fraction of sp³-hybridized carbons (Fsp3) is 0.667. The maximum absolute atomic E-state index is 2.96. The summed E-state index contributed by atoms with van der Waals surface area (Å²) in [4.78, 5) is 0. The summed E-state index contributed by atoms with van der Waals surface area (Å²) >= 11 is 0. The molecule has 0 aromatic heterocycles. The summed E-state index contributed by atoms with van der Waals surface area (Å²) in [5.41, 5.74) is 1.39. The molecule has 0 rings (SSSR count). The van der Waals surface area contributed by atoms with Gasteiger partial charge >= 0.3 is 0 Å². The lowest BCUT2D eigenvalue weighted by atomic mass is 10.3. The summed E-state index contributed by atoms with van der Waals surface area (Å²) < 4.78 is 0. The van der Waals surface area contributed by atoms with Gasteiger partial charge in [-0.1, -0.05) is 12.5 Å². The van der Waals surface area contributed by atoms with E-state index in [0.717, 1.165) is 6.42 Å². The predicted molar refractivity (Wildman–Crippen MR) is 40.4 cm³/mol. The molecule has 50 valence electrons. The van der Waals surface area contributed by atoms with Crippen molar-refractivity contribution in [3.63, 3.8) is 0 Å². The maximum Gasteiger partial charge on any atom is 0.00276 e. The zero-order valence-corrected chi connectivity index (χ0v) is 6.51. The minimum absolute atomic E-state index is 0. The molecule has 0 saturated heterocycles. The summed E-state index contributed by atoms with van der Waals surface area (Å²) in [5.74, 6) is 0. The van der Waals surface area contributed by atoms with Crippen LogP contribution in [0.4, 0.5) is 0 Å². The van der Waals surface area contributed by atoms with E-state index in [1.165, 1.54) is 5.57 Å². The van der Waals surface area contributed by atoms with E-state index >= 15 is 0 Å². The second-order valence-corrected chi connectivity index (χ2v) is 1.63. The van der Waals surface area contributed by atoms with Crippen LogP contribution >= 0.6 is 12.4 Å². The van der Waals surface area contributed by atoms with Crippen molar-refractivity contribution in [2.75, 3.05) is 7.05 Å². The van der Waals surface area contributed by atoms with Gasteiger partial charge in [0.05, 0.1) is 0 Å². The molecule has 0 aliphatic heterocycles. The van der Waals surface area contributed by atoms with Gasteiger partial charge in [0, 0.05) is 7.05 Å². The normalized spacial score (nSPS) is 10.1. The third-order valence-corrected chi connectivity index (χ3v) is 0.948. The highest BCUT2D eigenvalue weighted by atomic mass is 35.5. The lowest BCUT2D eigenvalue weighted by molar-refractivity contribution is 1.01. The van der Waals surface area contributed by atoms with Crippen molar-refractivity contribution in [3.8, 4) is 0 Å². The number of hydrogen-bond donors (Lipinski definition) is 1. The summed E-state index contributed by atoms with van der Waals surface area (Å²) in [7, 11) is 1.92. The Bertz CT molecular complexity index is 68.9. The Balaban J connectivity index is 0. The van der Waals surface area contributed by atoms with Crippen LogP contribution in [-0.4, -0.2) is 7.05 Å². The van der Waals surface area contributed by atoms with Crippen molar-refractivity contribution in [2.45, 2.75) is 20.3 Å². The highest BCUT2D eigenvalue weighted by Gasteiger charge is 1.76. The van der Waals surface area contributed by atoms with Crippen LogP contribution in [0.25, 0.3) is 0 Å². The van der Waals surface area contributed by atoms with Crippen molar-refractivity contribution in [1.29, 1.82) is 0 Å². The molecule has 0 spiro atoms. The van der Waals surface area contributed by atoms with E-state index in [1.807, 2.05) is 13.2 Å².